The summed E-state index contributed by atoms with van der Waals surface area (Å²) in [5, 5.41) is 3.72. The highest BCUT2D eigenvalue weighted by Gasteiger charge is 2.40. The number of carbonyl (C=O) groups is 2. The standard InChI is InChI=1S/C14H10F3NO5S/c1-2-22-12(20)7-6-8(13(21)23-10(7)14(15,16)17)18-11(19)9-4-3-5-24-9/h3-6H,2H2,1H3,(H,18,19). The van der Waals surface area contributed by atoms with E-state index in [0.29, 0.717) is 6.07 Å². The van der Waals surface area contributed by atoms with E-state index in [1.807, 2.05) is 0 Å². The van der Waals surface area contributed by atoms with Crippen molar-refractivity contribution in [3.8, 4) is 0 Å². The molecule has 0 aliphatic carbocycles. The van der Waals surface area contributed by atoms with Gasteiger partial charge in [-0.15, -0.1) is 11.3 Å². The normalized spacial score (nSPS) is 11.2. The molecule has 0 spiro atoms. The lowest BCUT2D eigenvalue weighted by Crippen LogP contribution is -2.23. The summed E-state index contributed by atoms with van der Waals surface area (Å²) in [7, 11) is 0. The molecule has 2 aromatic heterocycles. The summed E-state index contributed by atoms with van der Waals surface area (Å²) in [5.74, 6) is -3.81. The number of rotatable bonds is 4. The fourth-order valence-electron chi connectivity index (χ4n) is 1.72. The number of esters is 1. The third kappa shape index (κ3) is 3.82. The maximum Gasteiger partial charge on any atom is 0.450 e. The number of amides is 1. The second-order valence-electron chi connectivity index (χ2n) is 4.34. The number of alkyl halides is 3. The molecule has 0 unspecified atom stereocenters. The molecule has 6 nitrogen and oxygen atoms in total. The Bertz CT molecular complexity index is 811. The van der Waals surface area contributed by atoms with E-state index in [0.717, 1.165) is 11.3 Å². The summed E-state index contributed by atoms with van der Waals surface area (Å²) < 4.78 is 47.5. The first-order valence-corrected chi connectivity index (χ1v) is 7.39. The number of thiophene rings is 1. The van der Waals surface area contributed by atoms with Crippen molar-refractivity contribution in [1.29, 1.82) is 0 Å². The van der Waals surface area contributed by atoms with E-state index in [2.05, 4.69) is 14.5 Å². The van der Waals surface area contributed by atoms with E-state index in [1.165, 1.54) is 13.0 Å². The van der Waals surface area contributed by atoms with Crippen LogP contribution in [0.15, 0.2) is 32.8 Å². The molecule has 24 heavy (non-hydrogen) atoms. The first-order valence-electron chi connectivity index (χ1n) is 6.51. The smallest absolute Gasteiger partial charge is 0.450 e. The van der Waals surface area contributed by atoms with Gasteiger partial charge in [-0.05, 0) is 24.4 Å². The molecular formula is C14H10F3NO5S. The van der Waals surface area contributed by atoms with E-state index in [-0.39, 0.29) is 11.5 Å². The van der Waals surface area contributed by atoms with E-state index < -0.39 is 40.7 Å². The topological polar surface area (TPSA) is 85.6 Å². The van der Waals surface area contributed by atoms with Gasteiger partial charge in [0.25, 0.3) is 5.91 Å². The number of halogens is 3. The zero-order valence-electron chi connectivity index (χ0n) is 12.1. The first kappa shape index (κ1) is 17.7. The molecule has 1 amide bonds. The minimum absolute atomic E-state index is 0.174. The SMILES string of the molecule is CCOC(=O)c1cc(NC(=O)c2cccs2)c(=O)oc1C(F)(F)F. The molecule has 0 bridgehead atoms. The third-order valence-corrected chi connectivity index (χ3v) is 3.56. The second-order valence-corrected chi connectivity index (χ2v) is 5.29. The van der Waals surface area contributed by atoms with Crippen LogP contribution in [0.25, 0.3) is 0 Å². The Kier molecular flexibility index (Phi) is 5.07. The third-order valence-electron chi connectivity index (χ3n) is 2.69. The molecule has 0 saturated carbocycles. The molecule has 2 rings (SSSR count). The van der Waals surface area contributed by atoms with E-state index in [1.54, 1.807) is 11.4 Å². The molecule has 0 saturated heterocycles. The van der Waals surface area contributed by atoms with Gasteiger partial charge in [0.1, 0.15) is 11.3 Å². The van der Waals surface area contributed by atoms with E-state index in [4.69, 9.17) is 0 Å². The lowest BCUT2D eigenvalue weighted by Gasteiger charge is -2.11. The molecule has 0 aliphatic heterocycles. The average Bonchev–Trinajstić information content (AvgIpc) is 3.02. The van der Waals surface area contributed by atoms with Crippen molar-refractivity contribution in [2.45, 2.75) is 13.1 Å². The van der Waals surface area contributed by atoms with Gasteiger partial charge in [-0.2, -0.15) is 13.2 Å². The number of carbonyl (C=O) groups excluding carboxylic acids is 2. The average molecular weight is 361 g/mol. The summed E-state index contributed by atoms with van der Waals surface area (Å²) in [4.78, 5) is 35.5. The molecule has 0 aromatic carbocycles. The molecule has 2 aromatic rings. The monoisotopic (exact) mass is 361 g/mol. The van der Waals surface area contributed by atoms with Crippen molar-refractivity contribution in [2.24, 2.45) is 0 Å². The van der Waals surface area contributed by atoms with Crippen molar-refractivity contribution < 1.29 is 31.9 Å². The quantitative estimate of drug-likeness (QED) is 0.846. The molecular weight excluding hydrogens is 351 g/mol. The molecule has 128 valence electrons. The van der Waals surface area contributed by atoms with Gasteiger partial charge in [0.15, 0.2) is 0 Å². The van der Waals surface area contributed by atoms with Gasteiger partial charge in [-0.25, -0.2) is 9.59 Å². The van der Waals surface area contributed by atoms with Crippen molar-refractivity contribution >= 4 is 28.9 Å². The number of anilines is 1. The Labute approximate surface area is 136 Å². The summed E-state index contributed by atoms with van der Waals surface area (Å²) >= 11 is 1.07. The number of hydrogen-bond acceptors (Lipinski definition) is 6. The largest absolute Gasteiger partial charge is 0.462 e. The fraction of sp³-hybridized carbons (Fsp3) is 0.214. The van der Waals surface area contributed by atoms with Crippen molar-refractivity contribution in [3.63, 3.8) is 0 Å². The van der Waals surface area contributed by atoms with Crippen LogP contribution < -0.4 is 10.9 Å². The second kappa shape index (κ2) is 6.87. The zero-order valence-corrected chi connectivity index (χ0v) is 12.9. The van der Waals surface area contributed by atoms with Gasteiger partial charge >= 0.3 is 17.8 Å². The maximum absolute atomic E-state index is 12.9. The lowest BCUT2D eigenvalue weighted by molar-refractivity contribution is -0.155. The number of hydrogen-bond donors (Lipinski definition) is 1. The highest BCUT2D eigenvalue weighted by Crippen LogP contribution is 2.32. The molecule has 10 heteroatoms. The van der Waals surface area contributed by atoms with Gasteiger partial charge in [-0.1, -0.05) is 6.07 Å². The molecule has 0 radical (unpaired) electrons. The lowest BCUT2D eigenvalue weighted by atomic mass is 10.2. The molecule has 2 heterocycles. The Morgan fingerprint density at radius 2 is 2.08 bits per heavy atom. The summed E-state index contributed by atoms with van der Waals surface area (Å²) in [5.41, 5.74) is -3.02. The minimum atomic E-state index is -5.07. The van der Waals surface area contributed by atoms with Crippen LogP contribution in [0, 0.1) is 0 Å². The summed E-state index contributed by atoms with van der Waals surface area (Å²) in [6, 6.07) is 3.63. The highest BCUT2D eigenvalue weighted by molar-refractivity contribution is 7.12. The fourth-order valence-corrected chi connectivity index (χ4v) is 2.34. The van der Waals surface area contributed by atoms with Crippen LogP contribution in [0.5, 0.6) is 0 Å². The van der Waals surface area contributed by atoms with Crippen molar-refractivity contribution in [2.75, 3.05) is 11.9 Å². The van der Waals surface area contributed by atoms with Gasteiger partial charge in [0, 0.05) is 0 Å². The van der Waals surface area contributed by atoms with Gasteiger partial charge < -0.3 is 14.5 Å². The van der Waals surface area contributed by atoms with E-state index in [9.17, 15) is 27.6 Å². The minimum Gasteiger partial charge on any atom is -0.462 e. The molecule has 0 fully saturated rings. The molecule has 0 atom stereocenters. The van der Waals surface area contributed by atoms with Crippen LogP contribution in [0.4, 0.5) is 18.9 Å². The van der Waals surface area contributed by atoms with Crippen molar-refractivity contribution in [1.82, 2.24) is 0 Å². The van der Waals surface area contributed by atoms with Crippen LogP contribution in [0.1, 0.15) is 32.7 Å². The summed E-state index contributed by atoms with van der Waals surface area (Å²) in [6.45, 7) is 1.23. The predicted octanol–water partition coefficient (Wildman–Crippen LogP) is 3.15. The molecule has 1 N–H and O–H groups in total. The van der Waals surface area contributed by atoms with Gasteiger partial charge in [0.2, 0.25) is 5.76 Å². The van der Waals surface area contributed by atoms with E-state index >= 15 is 0 Å². The Morgan fingerprint density at radius 1 is 1.38 bits per heavy atom. The van der Waals surface area contributed by atoms with Gasteiger partial charge in [-0.3, -0.25) is 4.79 Å². The molecule has 0 aliphatic rings. The Morgan fingerprint density at radius 3 is 2.62 bits per heavy atom. The van der Waals surface area contributed by atoms with Crippen LogP contribution in [0.2, 0.25) is 0 Å². The van der Waals surface area contributed by atoms with Crippen LogP contribution >= 0.6 is 11.3 Å². The first-order chi connectivity index (χ1) is 11.2. The van der Waals surface area contributed by atoms with Crippen LogP contribution in [0.3, 0.4) is 0 Å². The maximum atomic E-state index is 12.9. The van der Waals surface area contributed by atoms with Crippen LogP contribution in [-0.4, -0.2) is 18.5 Å². The van der Waals surface area contributed by atoms with Gasteiger partial charge in [0.05, 0.1) is 11.5 Å². The summed E-state index contributed by atoms with van der Waals surface area (Å²) in [6.07, 6.45) is -5.07. The highest BCUT2D eigenvalue weighted by atomic mass is 32.1. The number of ether oxygens (including phenoxy) is 1. The van der Waals surface area contributed by atoms with Crippen LogP contribution in [-0.2, 0) is 10.9 Å². The zero-order chi connectivity index (χ0) is 17.9. The number of nitrogens with one attached hydrogen (secondary N) is 1. The predicted molar refractivity (Wildman–Crippen MR) is 78.2 cm³/mol. The Hall–Kier alpha value is -2.62. The van der Waals surface area contributed by atoms with Crippen molar-refractivity contribution in [3.05, 3.63) is 50.2 Å². The Balaban J connectivity index is 2.46.